The highest BCUT2D eigenvalue weighted by molar-refractivity contribution is 5.94. The van der Waals surface area contributed by atoms with Crippen LogP contribution in [0.4, 0.5) is 0 Å². The van der Waals surface area contributed by atoms with Gasteiger partial charge in [0.2, 0.25) is 0 Å². The van der Waals surface area contributed by atoms with E-state index >= 15 is 0 Å². The van der Waals surface area contributed by atoms with Gasteiger partial charge in [-0.15, -0.1) is 0 Å². The van der Waals surface area contributed by atoms with Crippen LogP contribution in [0, 0.1) is 5.92 Å². The van der Waals surface area contributed by atoms with Crippen molar-refractivity contribution in [3.63, 3.8) is 0 Å². The molecule has 160 valence electrons. The van der Waals surface area contributed by atoms with E-state index in [0.29, 0.717) is 18.2 Å². The topological polar surface area (TPSA) is 66.8 Å². The summed E-state index contributed by atoms with van der Waals surface area (Å²) in [4.78, 5) is 26.1. The highest BCUT2D eigenvalue weighted by Gasteiger charge is 2.27. The van der Waals surface area contributed by atoms with E-state index < -0.39 is 11.9 Å². The zero-order valence-electron chi connectivity index (χ0n) is 18.0. The quantitative estimate of drug-likeness (QED) is 0.704. The summed E-state index contributed by atoms with van der Waals surface area (Å²) < 4.78 is 5.85. The summed E-state index contributed by atoms with van der Waals surface area (Å²) >= 11 is 0. The number of rotatable bonds is 7. The van der Waals surface area contributed by atoms with Crippen molar-refractivity contribution in [3.8, 4) is 5.75 Å². The number of hydrogen-bond donors (Lipinski definition) is 1. The number of carboxylic acid groups (broad SMARTS) is 1. The highest BCUT2D eigenvalue weighted by Crippen LogP contribution is 2.34. The Labute approximate surface area is 178 Å². The summed E-state index contributed by atoms with van der Waals surface area (Å²) in [7, 11) is 0. The summed E-state index contributed by atoms with van der Waals surface area (Å²) in [5, 5.41) is 9.11. The van der Waals surface area contributed by atoms with Gasteiger partial charge in [-0.1, -0.05) is 44.2 Å². The summed E-state index contributed by atoms with van der Waals surface area (Å²) in [6.07, 6.45) is 1.91. The van der Waals surface area contributed by atoms with Gasteiger partial charge in [0.05, 0.1) is 5.92 Å². The third-order valence-corrected chi connectivity index (χ3v) is 5.80. The van der Waals surface area contributed by atoms with Crippen LogP contribution in [0.25, 0.3) is 0 Å². The van der Waals surface area contributed by atoms with Crippen molar-refractivity contribution < 1.29 is 19.4 Å². The molecule has 1 fully saturated rings. The first-order valence-electron chi connectivity index (χ1n) is 10.7. The molecule has 0 bridgehead atoms. The van der Waals surface area contributed by atoms with Gasteiger partial charge in [0.25, 0.3) is 5.91 Å². The molecule has 30 heavy (non-hydrogen) atoms. The number of aliphatic carboxylic acids is 1. The van der Waals surface area contributed by atoms with Crippen molar-refractivity contribution >= 4 is 11.9 Å². The third-order valence-electron chi connectivity index (χ3n) is 5.80. The average molecular weight is 410 g/mol. The zero-order valence-corrected chi connectivity index (χ0v) is 18.0. The van der Waals surface area contributed by atoms with Crippen LogP contribution in [0.2, 0.25) is 0 Å². The summed E-state index contributed by atoms with van der Waals surface area (Å²) in [5.41, 5.74) is 2.99. The van der Waals surface area contributed by atoms with E-state index in [2.05, 4.69) is 13.8 Å². The van der Waals surface area contributed by atoms with Crippen molar-refractivity contribution in [1.29, 1.82) is 0 Å². The molecule has 5 nitrogen and oxygen atoms in total. The van der Waals surface area contributed by atoms with Crippen molar-refractivity contribution in [3.05, 3.63) is 65.2 Å². The second kappa shape index (κ2) is 9.79. The molecule has 1 heterocycles. The van der Waals surface area contributed by atoms with Gasteiger partial charge < -0.3 is 14.7 Å². The van der Waals surface area contributed by atoms with Crippen LogP contribution >= 0.6 is 0 Å². The van der Waals surface area contributed by atoms with Crippen molar-refractivity contribution in [2.24, 2.45) is 5.92 Å². The monoisotopic (exact) mass is 409 g/mol. The van der Waals surface area contributed by atoms with Crippen LogP contribution in [0.3, 0.4) is 0 Å². The Bertz CT molecular complexity index is 875. The molecule has 1 aliphatic heterocycles. The second-order valence-electron chi connectivity index (χ2n) is 8.46. The lowest BCUT2D eigenvalue weighted by Crippen LogP contribution is -2.39. The van der Waals surface area contributed by atoms with Crippen molar-refractivity contribution in [2.75, 3.05) is 19.7 Å². The number of piperidine rings is 1. The number of carbonyl (C=O) groups excluding carboxylic acids is 1. The van der Waals surface area contributed by atoms with Gasteiger partial charge in [-0.3, -0.25) is 9.59 Å². The second-order valence-corrected chi connectivity index (χ2v) is 8.46. The van der Waals surface area contributed by atoms with E-state index in [4.69, 9.17) is 9.84 Å². The Hall–Kier alpha value is -2.82. The average Bonchev–Trinajstić information content (AvgIpc) is 2.77. The SMILES string of the molecule is CC(COc1ccccc1C1CCCN(C(=O)c2ccc(C(C)C)cc2)C1)C(=O)O. The van der Waals surface area contributed by atoms with Crippen molar-refractivity contribution in [2.45, 2.75) is 45.4 Å². The predicted molar refractivity (Wildman–Crippen MR) is 117 cm³/mol. The minimum absolute atomic E-state index is 0.0629. The molecule has 1 amide bonds. The van der Waals surface area contributed by atoms with Gasteiger partial charge in [0.15, 0.2) is 0 Å². The number of amides is 1. The van der Waals surface area contributed by atoms with Crippen LogP contribution in [0.1, 0.15) is 66.9 Å². The number of para-hydroxylation sites is 1. The molecule has 2 aromatic carbocycles. The van der Waals surface area contributed by atoms with Crippen LogP contribution in [-0.2, 0) is 4.79 Å². The third kappa shape index (κ3) is 5.21. The largest absolute Gasteiger partial charge is 0.492 e. The van der Waals surface area contributed by atoms with Gasteiger partial charge in [-0.05, 0) is 55.0 Å². The van der Waals surface area contributed by atoms with Gasteiger partial charge in [-0.25, -0.2) is 0 Å². The minimum atomic E-state index is -0.870. The van der Waals surface area contributed by atoms with E-state index in [0.717, 1.165) is 30.5 Å². The van der Waals surface area contributed by atoms with Gasteiger partial charge >= 0.3 is 5.97 Å². The predicted octanol–water partition coefficient (Wildman–Crippen LogP) is 4.93. The lowest BCUT2D eigenvalue weighted by atomic mass is 9.89. The maximum absolute atomic E-state index is 13.1. The number of nitrogens with zero attached hydrogens (tertiary/aromatic N) is 1. The fourth-order valence-electron chi connectivity index (χ4n) is 3.84. The Morgan fingerprint density at radius 1 is 1.10 bits per heavy atom. The molecular weight excluding hydrogens is 378 g/mol. The first-order valence-corrected chi connectivity index (χ1v) is 10.7. The Morgan fingerprint density at radius 3 is 2.47 bits per heavy atom. The van der Waals surface area contributed by atoms with E-state index in [1.807, 2.05) is 53.4 Å². The summed E-state index contributed by atoms with van der Waals surface area (Å²) in [6.45, 7) is 7.44. The number of carboxylic acids is 1. The lowest BCUT2D eigenvalue weighted by molar-refractivity contribution is -0.142. The van der Waals surface area contributed by atoms with Crippen LogP contribution in [0.15, 0.2) is 48.5 Å². The molecule has 0 spiro atoms. The fraction of sp³-hybridized carbons (Fsp3) is 0.440. The Morgan fingerprint density at radius 2 is 1.80 bits per heavy atom. The smallest absolute Gasteiger partial charge is 0.309 e. The van der Waals surface area contributed by atoms with Gasteiger partial charge in [0.1, 0.15) is 12.4 Å². The molecule has 3 rings (SSSR count). The number of likely N-dealkylation sites (tertiary alicyclic amines) is 1. The molecule has 0 aromatic heterocycles. The summed E-state index contributed by atoms with van der Waals surface area (Å²) in [5.74, 6) is -0.0522. The molecule has 0 saturated carbocycles. The Balaban J connectivity index is 1.71. The summed E-state index contributed by atoms with van der Waals surface area (Å²) in [6, 6.07) is 15.7. The van der Waals surface area contributed by atoms with Crippen LogP contribution < -0.4 is 4.74 Å². The van der Waals surface area contributed by atoms with Crippen LogP contribution in [-0.4, -0.2) is 41.6 Å². The standard InChI is InChI=1S/C25H31NO4/c1-17(2)19-10-12-20(13-11-19)24(27)26-14-6-7-21(15-26)22-8-4-5-9-23(22)30-16-18(3)25(28)29/h4-5,8-13,17-18,21H,6-7,14-16H2,1-3H3,(H,28,29). The van der Waals surface area contributed by atoms with Gasteiger partial charge in [0, 0.05) is 24.6 Å². The number of ether oxygens (including phenoxy) is 1. The van der Waals surface area contributed by atoms with E-state index in [1.165, 1.54) is 5.56 Å². The molecule has 1 N–H and O–H groups in total. The first-order chi connectivity index (χ1) is 14.4. The van der Waals surface area contributed by atoms with Gasteiger partial charge in [-0.2, -0.15) is 0 Å². The molecule has 5 heteroatoms. The molecule has 1 aliphatic rings. The molecule has 0 aliphatic carbocycles. The number of carbonyl (C=O) groups is 2. The lowest BCUT2D eigenvalue weighted by Gasteiger charge is -2.34. The maximum atomic E-state index is 13.1. The first kappa shape index (κ1) is 21.9. The van der Waals surface area contributed by atoms with E-state index in [9.17, 15) is 9.59 Å². The molecule has 2 unspecified atom stereocenters. The molecule has 1 saturated heterocycles. The molecular formula is C25H31NO4. The zero-order chi connectivity index (χ0) is 21.7. The molecule has 2 atom stereocenters. The molecule has 2 aromatic rings. The number of benzene rings is 2. The normalized spacial score (nSPS) is 17.6. The minimum Gasteiger partial charge on any atom is -0.492 e. The Kier molecular flexibility index (Phi) is 7.14. The highest BCUT2D eigenvalue weighted by atomic mass is 16.5. The maximum Gasteiger partial charge on any atom is 0.309 e. The number of hydrogen-bond acceptors (Lipinski definition) is 3. The van der Waals surface area contributed by atoms with E-state index in [1.54, 1.807) is 6.92 Å². The fourth-order valence-corrected chi connectivity index (χ4v) is 3.84. The molecule has 0 radical (unpaired) electrons. The van der Waals surface area contributed by atoms with Crippen molar-refractivity contribution in [1.82, 2.24) is 4.90 Å². The van der Waals surface area contributed by atoms with E-state index in [-0.39, 0.29) is 18.4 Å². The van der Waals surface area contributed by atoms with Crippen LogP contribution in [0.5, 0.6) is 5.75 Å².